The summed E-state index contributed by atoms with van der Waals surface area (Å²) in [6.45, 7) is 6.19. The zero-order valence-corrected chi connectivity index (χ0v) is 14.9. The van der Waals surface area contributed by atoms with Crippen LogP contribution in [0.25, 0.3) is 0 Å². The smallest absolute Gasteiger partial charge is 0.185 e. The van der Waals surface area contributed by atoms with Crippen LogP contribution in [-0.4, -0.2) is 48.8 Å². The summed E-state index contributed by atoms with van der Waals surface area (Å²) in [6.07, 6.45) is 5.98. The molecule has 4 rings (SSSR count). The van der Waals surface area contributed by atoms with Gasteiger partial charge in [0, 0.05) is 43.8 Å². The Labute approximate surface area is 148 Å². The third-order valence-corrected chi connectivity index (χ3v) is 5.87. The molecule has 5 heteroatoms. The van der Waals surface area contributed by atoms with Gasteiger partial charge in [0.1, 0.15) is 0 Å². The van der Waals surface area contributed by atoms with Crippen LogP contribution in [-0.2, 0) is 17.7 Å². The van der Waals surface area contributed by atoms with Crippen LogP contribution in [0.5, 0.6) is 0 Å². The number of rotatable bonds is 5. The molecule has 2 aliphatic heterocycles. The Morgan fingerprint density at radius 3 is 2.79 bits per heavy atom. The highest BCUT2D eigenvalue weighted by Crippen LogP contribution is 2.27. The van der Waals surface area contributed by atoms with E-state index in [-0.39, 0.29) is 0 Å². The Bertz CT molecular complexity index is 639. The normalized spacial score (nSPS) is 22.2. The second-order valence-corrected chi connectivity index (χ2v) is 7.81. The zero-order valence-electron chi connectivity index (χ0n) is 14.1. The number of anilines is 1. The van der Waals surface area contributed by atoms with Gasteiger partial charge in [-0.05, 0) is 24.8 Å². The molecule has 1 aromatic heterocycles. The van der Waals surface area contributed by atoms with Crippen molar-refractivity contribution in [2.75, 3.05) is 37.7 Å². The van der Waals surface area contributed by atoms with E-state index in [4.69, 9.17) is 4.74 Å². The van der Waals surface area contributed by atoms with Gasteiger partial charge in [0.2, 0.25) is 0 Å². The molecule has 24 heavy (non-hydrogen) atoms. The standard InChI is InChI=1S/C19H25N3OS/c1-2-6-16(7-3-1)12-17-14-21(10-11-23-17)15-18-13-20-19(24-18)22-8-4-5-9-22/h1-3,6-7,13,17H,4-5,8-12,14-15H2/t17-/m0/s1. The molecular formula is C19H25N3OS. The highest BCUT2D eigenvalue weighted by molar-refractivity contribution is 7.15. The van der Waals surface area contributed by atoms with Gasteiger partial charge in [-0.1, -0.05) is 30.3 Å². The first-order valence-electron chi connectivity index (χ1n) is 8.94. The molecule has 1 atom stereocenters. The number of thiazole rings is 1. The second-order valence-electron chi connectivity index (χ2n) is 6.72. The van der Waals surface area contributed by atoms with Crippen molar-refractivity contribution in [2.45, 2.75) is 31.9 Å². The molecule has 3 heterocycles. The van der Waals surface area contributed by atoms with E-state index in [1.807, 2.05) is 11.3 Å². The van der Waals surface area contributed by atoms with Crippen LogP contribution in [0.2, 0.25) is 0 Å². The number of hydrogen-bond acceptors (Lipinski definition) is 5. The summed E-state index contributed by atoms with van der Waals surface area (Å²) in [5.74, 6) is 0. The van der Waals surface area contributed by atoms with Gasteiger partial charge >= 0.3 is 0 Å². The number of nitrogens with zero attached hydrogens (tertiary/aromatic N) is 3. The first-order chi connectivity index (χ1) is 11.9. The molecule has 2 fully saturated rings. The fraction of sp³-hybridized carbons (Fsp3) is 0.526. The van der Waals surface area contributed by atoms with E-state index in [1.54, 1.807) is 0 Å². The average molecular weight is 343 g/mol. The maximum absolute atomic E-state index is 5.97. The third kappa shape index (κ3) is 3.97. The van der Waals surface area contributed by atoms with Crippen molar-refractivity contribution >= 4 is 16.5 Å². The molecule has 0 unspecified atom stereocenters. The van der Waals surface area contributed by atoms with Crippen LogP contribution >= 0.6 is 11.3 Å². The highest BCUT2D eigenvalue weighted by atomic mass is 32.1. The van der Waals surface area contributed by atoms with Crippen molar-refractivity contribution in [2.24, 2.45) is 0 Å². The third-order valence-electron chi connectivity index (χ3n) is 4.83. The Morgan fingerprint density at radius 1 is 1.12 bits per heavy atom. The van der Waals surface area contributed by atoms with Crippen LogP contribution in [0.1, 0.15) is 23.3 Å². The molecule has 128 valence electrons. The topological polar surface area (TPSA) is 28.6 Å². The van der Waals surface area contributed by atoms with E-state index in [0.717, 1.165) is 32.7 Å². The van der Waals surface area contributed by atoms with E-state index < -0.39 is 0 Å². The summed E-state index contributed by atoms with van der Waals surface area (Å²) in [5.41, 5.74) is 1.36. The minimum atomic E-state index is 0.298. The van der Waals surface area contributed by atoms with Crippen molar-refractivity contribution in [3.05, 3.63) is 47.0 Å². The quantitative estimate of drug-likeness (QED) is 0.834. The van der Waals surface area contributed by atoms with Crippen LogP contribution in [0, 0.1) is 0 Å². The fourth-order valence-electron chi connectivity index (χ4n) is 3.57. The summed E-state index contributed by atoms with van der Waals surface area (Å²) >= 11 is 1.86. The van der Waals surface area contributed by atoms with Gasteiger partial charge < -0.3 is 9.64 Å². The minimum Gasteiger partial charge on any atom is -0.375 e. The van der Waals surface area contributed by atoms with E-state index in [9.17, 15) is 0 Å². The maximum atomic E-state index is 5.97. The summed E-state index contributed by atoms with van der Waals surface area (Å²) in [6, 6.07) is 10.7. The molecule has 2 aliphatic rings. The monoisotopic (exact) mass is 343 g/mol. The van der Waals surface area contributed by atoms with Gasteiger partial charge in [-0.3, -0.25) is 4.90 Å². The van der Waals surface area contributed by atoms with Crippen LogP contribution in [0.3, 0.4) is 0 Å². The Balaban J connectivity index is 1.33. The summed E-state index contributed by atoms with van der Waals surface area (Å²) in [7, 11) is 0. The molecule has 0 spiro atoms. The largest absolute Gasteiger partial charge is 0.375 e. The molecule has 2 aromatic rings. The van der Waals surface area contributed by atoms with Gasteiger partial charge in [-0.2, -0.15) is 0 Å². The molecule has 4 nitrogen and oxygen atoms in total. The Morgan fingerprint density at radius 2 is 1.96 bits per heavy atom. The molecular weight excluding hydrogens is 318 g/mol. The average Bonchev–Trinajstić information content (AvgIpc) is 3.27. The van der Waals surface area contributed by atoms with Crippen molar-refractivity contribution in [3.8, 4) is 0 Å². The van der Waals surface area contributed by atoms with Gasteiger partial charge in [0.15, 0.2) is 5.13 Å². The van der Waals surface area contributed by atoms with Crippen molar-refractivity contribution < 1.29 is 4.74 Å². The molecule has 0 bridgehead atoms. The number of hydrogen-bond donors (Lipinski definition) is 0. The molecule has 1 aromatic carbocycles. The van der Waals surface area contributed by atoms with E-state index in [0.29, 0.717) is 6.10 Å². The number of benzene rings is 1. The van der Waals surface area contributed by atoms with Gasteiger partial charge in [-0.25, -0.2) is 4.98 Å². The molecule has 2 saturated heterocycles. The van der Waals surface area contributed by atoms with Crippen LogP contribution in [0.4, 0.5) is 5.13 Å². The maximum Gasteiger partial charge on any atom is 0.185 e. The first kappa shape index (κ1) is 16.1. The molecule has 0 N–H and O–H groups in total. The van der Waals surface area contributed by atoms with Crippen molar-refractivity contribution in [1.29, 1.82) is 0 Å². The SMILES string of the molecule is c1ccc(C[C@H]2CN(Cc3cnc(N4CCCC4)s3)CCO2)cc1. The molecule has 0 radical (unpaired) electrons. The number of morpholine rings is 1. The predicted octanol–water partition coefficient (Wildman–Crippen LogP) is 3.19. The first-order valence-corrected chi connectivity index (χ1v) is 9.76. The summed E-state index contributed by atoms with van der Waals surface area (Å²) < 4.78 is 5.97. The van der Waals surface area contributed by atoms with Crippen LogP contribution < -0.4 is 4.90 Å². The lowest BCUT2D eigenvalue weighted by Gasteiger charge is -2.32. The van der Waals surface area contributed by atoms with Gasteiger partial charge in [0.05, 0.1) is 12.7 Å². The highest BCUT2D eigenvalue weighted by Gasteiger charge is 2.22. The lowest BCUT2D eigenvalue weighted by molar-refractivity contribution is -0.0302. The molecule has 0 saturated carbocycles. The Kier molecular flexibility index (Phi) is 5.11. The number of ether oxygens (including phenoxy) is 1. The number of aromatic nitrogens is 1. The lowest BCUT2D eigenvalue weighted by Crippen LogP contribution is -2.42. The summed E-state index contributed by atoms with van der Waals surface area (Å²) in [4.78, 5) is 10.9. The van der Waals surface area contributed by atoms with Gasteiger partial charge in [-0.15, -0.1) is 11.3 Å². The second kappa shape index (κ2) is 7.64. The fourth-order valence-corrected chi connectivity index (χ4v) is 4.57. The van der Waals surface area contributed by atoms with Crippen molar-refractivity contribution in [1.82, 2.24) is 9.88 Å². The Hall–Kier alpha value is -1.43. The summed E-state index contributed by atoms with van der Waals surface area (Å²) in [5, 5.41) is 1.21. The lowest BCUT2D eigenvalue weighted by atomic mass is 10.1. The minimum absolute atomic E-state index is 0.298. The van der Waals surface area contributed by atoms with E-state index >= 15 is 0 Å². The zero-order chi connectivity index (χ0) is 16.2. The van der Waals surface area contributed by atoms with E-state index in [1.165, 1.54) is 41.5 Å². The van der Waals surface area contributed by atoms with Crippen molar-refractivity contribution in [3.63, 3.8) is 0 Å². The molecule has 0 aliphatic carbocycles. The van der Waals surface area contributed by atoms with Crippen LogP contribution in [0.15, 0.2) is 36.5 Å². The van der Waals surface area contributed by atoms with Gasteiger partial charge in [0.25, 0.3) is 0 Å². The predicted molar refractivity (Wildman–Crippen MR) is 98.7 cm³/mol. The van der Waals surface area contributed by atoms with E-state index in [2.05, 4.69) is 51.3 Å². The molecule has 0 amide bonds.